The SMILES string of the molecule is C=C(C)C(=O)O.CC(CO)(CO)CO.O=C1CC(O)C(=O)O1. The number of ether oxygens (including phenoxy) is 1. The molecule has 0 aromatic heterocycles. The average molecular weight is 322 g/mol. The maximum absolute atomic E-state index is 10.1. The van der Waals surface area contributed by atoms with Crippen LogP contribution in [0.3, 0.4) is 0 Å². The summed E-state index contributed by atoms with van der Waals surface area (Å²) in [5.74, 6) is -2.42. The third-order valence-electron chi connectivity index (χ3n) is 2.36. The van der Waals surface area contributed by atoms with E-state index in [1.165, 1.54) is 6.92 Å². The van der Waals surface area contributed by atoms with E-state index in [4.69, 9.17) is 25.5 Å². The minimum absolute atomic E-state index is 0.176. The maximum atomic E-state index is 10.1. The number of carboxylic acid groups (broad SMARTS) is 1. The van der Waals surface area contributed by atoms with E-state index in [2.05, 4.69) is 11.3 Å². The van der Waals surface area contributed by atoms with E-state index in [1.807, 2.05) is 0 Å². The van der Waals surface area contributed by atoms with Gasteiger partial charge >= 0.3 is 17.9 Å². The fraction of sp³-hybridized carbons (Fsp3) is 0.615. The molecule has 0 aromatic carbocycles. The summed E-state index contributed by atoms with van der Waals surface area (Å²) >= 11 is 0. The lowest BCUT2D eigenvalue weighted by Crippen LogP contribution is -2.29. The summed E-state index contributed by atoms with van der Waals surface area (Å²) in [7, 11) is 0. The van der Waals surface area contributed by atoms with Crippen LogP contribution in [0.2, 0.25) is 0 Å². The van der Waals surface area contributed by atoms with Gasteiger partial charge < -0.3 is 30.3 Å². The normalized spacial score (nSPS) is 16.7. The average Bonchev–Trinajstić information content (AvgIpc) is 2.75. The summed E-state index contributed by atoms with van der Waals surface area (Å²) in [6.07, 6.45) is -1.42. The van der Waals surface area contributed by atoms with Crippen molar-refractivity contribution < 1.29 is 44.7 Å². The molecule has 0 radical (unpaired) electrons. The highest BCUT2D eigenvalue weighted by Gasteiger charge is 2.30. The van der Waals surface area contributed by atoms with Crippen molar-refractivity contribution in [1.82, 2.24) is 0 Å². The molecule has 1 atom stereocenters. The van der Waals surface area contributed by atoms with Gasteiger partial charge in [-0.05, 0) is 6.92 Å². The standard InChI is InChI=1S/C5H12O3.C4H4O4.C4H6O2/c1-5(2-6,3-7)4-8;5-2-1-3(6)8-4(2)7;1-3(2)4(5)6/h6-8H,2-4H2,1H3;2,5H,1H2;1H2,2H3,(H,5,6). The molecule has 1 unspecified atom stereocenters. The molecule has 0 aromatic rings. The van der Waals surface area contributed by atoms with E-state index in [1.54, 1.807) is 6.92 Å². The third-order valence-corrected chi connectivity index (χ3v) is 2.36. The van der Waals surface area contributed by atoms with Gasteiger partial charge in [0, 0.05) is 11.0 Å². The molecule has 0 spiro atoms. The highest BCUT2D eigenvalue weighted by molar-refractivity contribution is 5.95. The highest BCUT2D eigenvalue weighted by Crippen LogP contribution is 2.11. The number of esters is 2. The molecule has 9 nitrogen and oxygen atoms in total. The van der Waals surface area contributed by atoms with Gasteiger partial charge in [0.1, 0.15) is 0 Å². The quantitative estimate of drug-likeness (QED) is 0.234. The largest absolute Gasteiger partial charge is 0.478 e. The van der Waals surface area contributed by atoms with Gasteiger partial charge in [-0.15, -0.1) is 0 Å². The first-order chi connectivity index (χ1) is 10.0. The lowest BCUT2D eigenvalue weighted by molar-refractivity contribution is -0.154. The highest BCUT2D eigenvalue weighted by atomic mass is 16.6. The zero-order chi connectivity index (χ0) is 17.9. The van der Waals surface area contributed by atoms with E-state index in [9.17, 15) is 14.4 Å². The summed E-state index contributed by atoms with van der Waals surface area (Å²) in [5.41, 5.74) is -0.532. The number of carbonyl (C=O) groups excluding carboxylic acids is 2. The zero-order valence-corrected chi connectivity index (χ0v) is 12.5. The Balaban J connectivity index is 0. The summed E-state index contributed by atoms with van der Waals surface area (Å²) in [5, 5.41) is 41.8. The number of hydrogen-bond donors (Lipinski definition) is 5. The van der Waals surface area contributed by atoms with Gasteiger partial charge in [-0.25, -0.2) is 9.59 Å². The fourth-order valence-electron chi connectivity index (χ4n) is 0.613. The van der Waals surface area contributed by atoms with Gasteiger partial charge in [0.25, 0.3) is 0 Å². The molecule has 1 aliphatic rings. The van der Waals surface area contributed by atoms with Gasteiger partial charge in [-0.2, -0.15) is 0 Å². The summed E-state index contributed by atoms with van der Waals surface area (Å²) in [6.45, 7) is 5.66. The Labute approximate surface area is 127 Å². The fourth-order valence-corrected chi connectivity index (χ4v) is 0.613. The predicted molar refractivity (Wildman–Crippen MR) is 73.5 cm³/mol. The van der Waals surface area contributed by atoms with Crippen LogP contribution < -0.4 is 0 Å². The molecule has 22 heavy (non-hydrogen) atoms. The third kappa shape index (κ3) is 10.00. The number of cyclic esters (lactones) is 2. The number of carbonyl (C=O) groups is 3. The number of aliphatic carboxylic acids is 1. The second-order valence-electron chi connectivity index (χ2n) is 4.88. The maximum Gasteiger partial charge on any atom is 0.343 e. The van der Waals surface area contributed by atoms with Gasteiger partial charge in [-0.1, -0.05) is 13.5 Å². The number of aliphatic hydroxyl groups excluding tert-OH is 4. The van der Waals surface area contributed by atoms with E-state index < -0.39 is 29.4 Å². The molecule has 9 heteroatoms. The van der Waals surface area contributed by atoms with Crippen molar-refractivity contribution in [2.45, 2.75) is 26.4 Å². The Morgan fingerprint density at radius 1 is 1.27 bits per heavy atom. The molecule has 1 fully saturated rings. The van der Waals surface area contributed by atoms with Crippen molar-refractivity contribution in [2.24, 2.45) is 5.41 Å². The molecule has 0 amide bonds. The van der Waals surface area contributed by atoms with Gasteiger partial charge in [0.05, 0.1) is 26.2 Å². The zero-order valence-electron chi connectivity index (χ0n) is 12.5. The Hall–Kier alpha value is -1.81. The first kappa shape index (κ1) is 22.5. The molecule has 1 heterocycles. The van der Waals surface area contributed by atoms with Gasteiger partial charge in [0.15, 0.2) is 6.10 Å². The molecule has 0 aliphatic carbocycles. The number of aliphatic hydroxyl groups is 4. The Morgan fingerprint density at radius 2 is 1.64 bits per heavy atom. The second kappa shape index (κ2) is 10.9. The molecule has 128 valence electrons. The molecule has 1 saturated heterocycles. The van der Waals surface area contributed by atoms with Crippen LogP contribution in [0, 0.1) is 5.41 Å². The summed E-state index contributed by atoms with van der Waals surface area (Å²) < 4.78 is 3.95. The summed E-state index contributed by atoms with van der Waals surface area (Å²) in [6, 6.07) is 0. The van der Waals surface area contributed by atoms with E-state index in [0.717, 1.165) is 0 Å². The summed E-state index contributed by atoms with van der Waals surface area (Å²) in [4.78, 5) is 29.8. The monoisotopic (exact) mass is 322 g/mol. The first-order valence-electron chi connectivity index (χ1n) is 6.17. The van der Waals surface area contributed by atoms with Crippen molar-refractivity contribution in [2.75, 3.05) is 19.8 Å². The van der Waals surface area contributed by atoms with Crippen molar-refractivity contribution in [3.8, 4) is 0 Å². The molecular weight excluding hydrogens is 300 g/mol. The number of rotatable bonds is 4. The van der Waals surface area contributed by atoms with Gasteiger partial charge in [-0.3, -0.25) is 4.79 Å². The van der Waals surface area contributed by atoms with Crippen LogP contribution in [0.4, 0.5) is 0 Å². The molecule has 1 rings (SSSR count). The minimum Gasteiger partial charge on any atom is -0.478 e. The van der Waals surface area contributed by atoms with Crippen LogP contribution >= 0.6 is 0 Å². The molecule has 0 bridgehead atoms. The van der Waals surface area contributed by atoms with Crippen LogP contribution in [0.25, 0.3) is 0 Å². The van der Waals surface area contributed by atoms with Crippen LogP contribution in [0.5, 0.6) is 0 Å². The van der Waals surface area contributed by atoms with Crippen LogP contribution in [0.1, 0.15) is 20.3 Å². The molecular formula is C13H22O9. The van der Waals surface area contributed by atoms with Crippen molar-refractivity contribution >= 4 is 17.9 Å². The first-order valence-corrected chi connectivity index (χ1v) is 6.17. The van der Waals surface area contributed by atoms with Gasteiger partial charge in [0.2, 0.25) is 0 Å². The predicted octanol–water partition coefficient (Wildman–Crippen LogP) is -1.56. The molecule has 0 saturated carbocycles. The van der Waals surface area contributed by atoms with E-state index >= 15 is 0 Å². The lowest BCUT2D eigenvalue weighted by Gasteiger charge is -2.20. The lowest BCUT2D eigenvalue weighted by atomic mass is 9.95. The van der Waals surface area contributed by atoms with Crippen molar-refractivity contribution in [1.29, 1.82) is 0 Å². The van der Waals surface area contributed by atoms with Crippen LogP contribution in [-0.4, -0.2) is 69.4 Å². The van der Waals surface area contributed by atoms with Crippen molar-refractivity contribution in [3.63, 3.8) is 0 Å². The number of hydrogen-bond acceptors (Lipinski definition) is 8. The molecule has 5 N–H and O–H groups in total. The molecule has 1 aliphatic heterocycles. The van der Waals surface area contributed by atoms with Crippen molar-refractivity contribution in [3.05, 3.63) is 12.2 Å². The number of carboxylic acids is 1. The smallest absolute Gasteiger partial charge is 0.343 e. The van der Waals surface area contributed by atoms with E-state index in [-0.39, 0.29) is 31.8 Å². The minimum atomic E-state index is -1.22. The van der Waals surface area contributed by atoms with E-state index in [0.29, 0.717) is 0 Å². The Kier molecular flexibility index (Phi) is 11.1. The Bertz CT molecular complexity index is 378. The van der Waals surface area contributed by atoms with Crippen LogP contribution in [-0.2, 0) is 19.1 Å². The second-order valence-corrected chi connectivity index (χ2v) is 4.88. The topological polar surface area (TPSA) is 162 Å². The van der Waals surface area contributed by atoms with Crippen LogP contribution in [0.15, 0.2) is 12.2 Å². The Morgan fingerprint density at radius 3 is 1.68 bits per heavy atom.